The second kappa shape index (κ2) is 10.4. The molecule has 11 heteroatoms. The summed E-state index contributed by atoms with van der Waals surface area (Å²) in [6, 6.07) is -0.269. The summed E-state index contributed by atoms with van der Waals surface area (Å²) >= 11 is 2.25. The number of aliphatic hydroxyl groups is 1. The molecule has 178 valence electrons. The molecule has 1 aliphatic heterocycles. The molecular formula is C20H37IN4O5Si. The molecule has 0 saturated carbocycles. The Morgan fingerprint density at radius 2 is 2.00 bits per heavy atom. The van der Waals surface area contributed by atoms with Gasteiger partial charge in [-0.1, -0.05) is 20.8 Å². The molecule has 1 amide bonds. The van der Waals surface area contributed by atoms with Crippen molar-refractivity contribution < 1.29 is 24.2 Å². The van der Waals surface area contributed by atoms with Crippen LogP contribution in [0.5, 0.6) is 5.88 Å². The lowest BCUT2D eigenvalue weighted by molar-refractivity contribution is 0.0928. The van der Waals surface area contributed by atoms with Gasteiger partial charge in [0.1, 0.15) is 0 Å². The fourth-order valence-corrected chi connectivity index (χ4v) is 5.08. The number of carbonyl (C=O) groups is 1. The number of hydrogen-bond donors (Lipinski definition) is 2. The quantitative estimate of drug-likeness (QED) is 0.349. The summed E-state index contributed by atoms with van der Waals surface area (Å²) in [4.78, 5) is 14.5. The topological polar surface area (TPSA) is 100 Å². The van der Waals surface area contributed by atoms with Gasteiger partial charge in [0, 0.05) is 13.1 Å². The van der Waals surface area contributed by atoms with Crippen LogP contribution in [0.4, 0.5) is 4.79 Å². The van der Waals surface area contributed by atoms with Crippen molar-refractivity contribution in [3.05, 3.63) is 9.26 Å². The molecule has 1 aromatic rings. The zero-order valence-electron chi connectivity index (χ0n) is 19.7. The first-order valence-electron chi connectivity index (χ1n) is 10.7. The number of hydrogen-bond acceptors (Lipinski definition) is 6. The molecular weight excluding hydrogens is 531 g/mol. The molecule has 2 rings (SSSR count). The molecule has 31 heavy (non-hydrogen) atoms. The molecule has 0 unspecified atom stereocenters. The Morgan fingerprint density at radius 1 is 1.35 bits per heavy atom. The highest BCUT2D eigenvalue weighted by atomic mass is 127. The number of carboxylic acid groups (broad SMARTS) is 1. The molecule has 0 bridgehead atoms. The minimum Gasteiger partial charge on any atom is -0.476 e. The number of rotatable bonds is 9. The van der Waals surface area contributed by atoms with Gasteiger partial charge in [-0.3, -0.25) is 9.58 Å². The second-order valence-electron chi connectivity index (χ2n) is 9.57. The van der Waals surface area contributed by atoms with E-state index in [2.05, 4.69) is 61.6 Å². The van der Waals surface area contributed by atoms with Gasteiger partial charge in [-0.2, -0.15) is 0 Å². The van der Waals surface area contributed by atoms with E-state index in [0.717, 1.165) is 9.26 Å². The lowest BCUT2D eigenvalue weighted by Crippen LogP contribution is -2.42. The summed E-state index contributed by atoms with van der Waals surface area (Å²) in [5.74, 6) is 0.595. The largest absolute Gasteiger partial charge is 0.476 e. The molecule has 1 aliphatic rings. The number of β-amino-alcohol motifs (C(OH)–C–C–N with tert-alkyl or cyclic N) is 1. The van der Waals surface area contributed by atoms with E-state index in [1.165, 1.54) is 4.90 Å². The van der Waals surface area contributed by atoms with Gasteiger partial charge in [0.25, 0.3) is 0 Å². The maximum absolute atomic E-state index is 11.3. The molecule has 1 aromatic heterocycles. The highest BCUT2D eigenvalue weighted by molar-refractivity contribution is 14.1. The number of amides is 1. The van der Waals surface area contributed by atoms with E-state index in [4.69, 9.17) is 9.16 Å². The minimum absolute atomic E-state index is 0.130. The summed E-state index contributed by atoms with van der Waals surface area (Å²) in [5.41, 5.74) is 0.978. The second-order valence-corrected chi connectivity index (χ2v) is 15.5. The maximum atomic E-state index is 11.3. The standard InChI is InChI=1S/C20H37IN4O5Si/c1-8-29-18-17(21)15(11-23(5)14-12-24(19(27)28)13-16(14)26)25(22-18)9-10-30-31(6,7)20(2,3)4/h14,16,26H,8-13H2,1-7H3,(H,27,28)/t14-,16-/m0/s1. The van der Waals surface area contributed by atoms with Crippen LogP contribution >= 0.6 is 22.6 Å². The number of likely N-dealkylation sites (N-methyl/N-ethyl adjacent to an activating group) is 1. The third-order valence-corrected chi connectivity index (χ3v) is 11.9. The number of aliphatic hydroxyl groups excluding tert-OH is 1. The molecule has 2 atom stereocenters. The predicted molar refractivity (Wildman–Crippen MR) is 130 cm³/mol. The van der Waals surface area contributed by atoms with Gasteiger partial charge in [-0.05, 0) is 54.7 Å². The van der Waals surface area contributed by atoms with E-state index in [1.54, 1.807) is 0 Å². The first-order valence-corrected chi connectivity index (χ1v) is 14.6. The van der Waals surface area contributed by atoms with E-state index in [9.17, 15) is 15.0 Å². The third-order valence-electron chi connectivity index (χ3n) is 6.31. The van der Waals surface area contributed by atoms with Crippen LogP contribution in [0.15, 0.2) is 0 Å². The van der Waals surface area contributed by atoms with Crippen molar-refractivity contribution in [3.8, 4) is 5.88 Å². The fourth-order valence-electron chi connectivity index (χ4n) is 3.33. The SMILES string of the molecule is CCOc1nn(CCO[Si](C)(C)C(C)(C)C)c(CN(C)[C@H]2CN(C(=O)O)C[C@@H]2O)c1I. The average molecular weight is 569 g/mol. The molecule has 0 aromatic carbocycles. The third kappa shape index (κ3) is 6.33. The van der Waals surface area contributed by atoms with Gasteiger partial charge < -0.3 is 24.3 Å². The highest BCUT2D eigenvalue weighted by Crippen LogP contribution is 2.36. The van der Waals surface area contributed by atoms with Crippen LogP contribution in [0.25, 0.3) is 0 Å². The molecule has 9 nitrogen and oxygen atoms in total. The highest BCUT2D eigenvalue weighted by Gasteiger charge is 2.38. The molecule has 2 N–H and O–H groups in total. The van der Waals surface area contributed by atoms with Crippen LogP contribution in [0.2, 0.25) is 18.1 Å². The summed E-state index contributed by atoms with van der Waals surface area (Å²) in [6.07, 6.45) is -1.72. The van der Waals surface area contributed by atoms with Crippen LogP contribution < -0.4 is 4.74 Å². The van der Waals surface area contributed by atoms with Crippen LogP contribution in [0, 0.1) is 3.57 Å². The smallest absolute Gasteiger partial charge is 0.407 e. The Morgan fingerprint density at radius 3 is 2.52 bits per heavy atom. The molecule has 2 heterocycles. The van der Waals surface area contributed by atoms with Gasteiger partial charge >= 0.3 is 6.09 Å². The van der Waals surface area contributed by atoms with Crippen molar-refractivity contribution >= 4 is 37.0 Å². The summed E-state index contributed by atoms with van der Waals surface area (Å²) in [6.45, 7) is 15.7. The normalized spacial score (nSPS) is 20.0. The van der Waals surface area contributed by atoms with Gasteiger partial charge in [0.2, 0.25) is 5.88 Å². The van der Waals surface area contributed by atoms with Crippen molar-refractivity contribution in [2.75, 3.05) is 33.4 Å². The molecule has 0 spiro atoms. The van der Waals surface area contributed by atoms with Crippen LogP contribution in [-0.2, 0) is 17.5 Å². The Hall–Kier alpha value is -0.893. The van der Waals surface area contributed by atoms with Crippen LogP contribution in [-0.4, -0.2) is 89.7 Å². The van der Waals surface area contributed by atoms with Crippen LogP contribution in [0.3, 0.4) is 0 Å². The molecule has 0 aliphatic carbocycles. The van der Waals surface area contributed by atoms with Gasteiger partial charge in [-0.25, -0.2) is 4.79 Å². The summed E-state index contributed by atoms with van der Waals surface area (Å²) < 4.78 is 14.9. The van der Waals surface area contributed by atoms with Gasteiger partial charge in [0.15, 0.2) is 8.32 Å². The maximum Gasteiger partial charge on any atom is 0.407 e. The Kier molecular flexibility index (Phi) is 8.81. The minimum atomic E-state index is -1.86. The number of likely N-dealkylation sites (tertiary alicyclic amines) is 1. The van der Waals surface area contributed by atoms with Gasteiger partial charge in [0.05, 0.1) is 47.7 Å². The summed E-state index contributed by atoms with van der Waals surface area (Å²) in [5, 5.41) is 24.4. The van der Waals surface area contributed by atoms with Crippen molar-refractivity contribution in [2.24, 2.45) is 0 Å². The number of ether oxygens (including phenoxy) is 1. The zero-order chi connectivity index (χ0) is 23.6. The van der Waals surface area contributed by atoms with E-state index in [0.29, 0.717) is 32.2 Å². The lowest BCUT2D eigenvalue weighted by Gasteiger charge is -2.36. The summed E-state index contributed by atoms with van der Waals surface area (Å²) in [7, 11) is 0.0442. The van der Waals surface area contributed by atoms with Crippen molar-refractivity contribution in [1.29, 1.82) is 0 Å². The van der Waals surface area contributed by atoms with E-state index in [1.807, 2.05) is 23.6 Å². The Balaban J connectivity index is 2.15. The predicted octanol–water partition coefficient (Wildman–Crippen LogP) is 3.06. The average Bonchev–Trinajstić information content (AvgIpc) is 3.17. The van der Waals surface area contributed by atoms with Crippen LogP contribution in [0.1, 0.15) is 33.4 Å². The zero-order valence-corrected chi connectivity index (χ0v) is 22.8. The number of nitrogens with zero attached hydrogens (tertiary/aromatic N) is 4. The molecule has 0 radical (unpaired) electrons. The van der Waals surface area contributed by atoms with Crippen molar-refractivity contribution in [2.45, 2.75) is 71.1 Å². The Bertz CT molecular complexity index is 767. The van der Waals surface area contributed by atoms with E-state index in [-0.39, 0.29) is 24.2 Å². The van der Waals surface area contributed by atoms with Crippen molar-refractivity contribution in [1.82, 2.24) is 19.6 Å². The monoisotopic (exact) mass is 568 g/mol. The van der Waals surface area contributed by atoms with E-state index >= 15 is 0 Å². The molecule has 1 fully saturated rings. The van der Waals surface area contributed by atoms with Gasteiger partial charge in [-0.15, -0.1) is 5.10 Å². The molecule has 1 saturated heterocycles. The number of aromatic nitrogens is 2. The first kappa shape index (κ1) is 26.4. The van der Waals surface area contributed by atoms with E-state index < -0.39 is 20.5 Å². The fraction of sp³-hybridized carbons (Fsp3) is 0.800. The van der Waals surface area contributed by atoms with Crippen molar-refractivity contribution in [3.63, 3.8) is 0 Å². The Labute approximate surface area is 199 Å². The number of halogens is 1. The lowest BCUT2D eigenvalue weighted by atomic mass is 10.2. The first-order chi connectivity index (χ1) is 14.3.